The topological polar surface area (TPSA) is 55.1 Å². The van der Waals surface area contributed by atoms with Crippen molar-refractivity contribution in [3.63, 3.8) is 0 Å². The molecule has 1 aromatic carbocycles. The average Bonchev–Trinajstić information content (AvgIpc) is 3.16. The zero-order valence-corrected chi connectivity index (χ0v) is 13.3. The van der Waals surface area contributed by atoms with E-state index in [1.807, 2.05) is 0 Å². The van der Waals surface area contributed by atoms with Crippen LogP contribution in [0.2, 0.25) is 0 Å². The van der Waals surface area contributed by atoms with Crippen LogP contribution >= 0.6 is 12.4 Å². The summed E-state index contributed by atoms with van der Waals surface area (Å²) in [4.78, 5) is 12.3. The lowest BCUT2D eigenvalue weighted by Crippen LogP contribution is -2.47. The molecule has 0 radical (unpaired) electrons. The Kier molecular flexibility index (Phi) is 5.19. The van der Waals surface area contributed by atoms with Crippen molar-refractivity contribution in [2.24, 2.45) is 5.73 Å². The van der Waals surface area contributed by atoms with E-state index in [2.05, 4.69) is 5.32 Å². The number of benzene rings is 1. The minimum atomic E-state index is -4.40. The lowest BCUT2D eigenvalue weighted by Gasteiger charge is -2.22. The maximum Gasteiger partial charge on any atom is 0.416 e. The standard InChI is InChI=1S/C15H19F3N2O.ClH/c1-13(2,19)9-20-12(21)14(6-7-14)10-4-3-5-11(8-10)15(16,17)18;/h3-5,8H,6-7,9,19H2,1-2H3,(H,20,21);1H. The quantitative estimate of drug-likeness (QED) is 0.888. The summed E-state index contributed by atoms with van der Waals surface area (Å²) >= 11 is 0. The van der Waals surface area contributed by atoms with Crippen molar-refractivity contribution >= 4 is 18.3 Å². The third-order valence-electron chi connectivity index (χ3n) is 3.63. The zero-order valence-electron chi connectivity index (χ0n) is 12.5. The van der Waals surface area contributed by atoms with Gasteiger partial charge in [0.1, 0.15) is 0 Å². The third kappa shape index (κ3) is 4.14. The van der Waals surface area contributed by atoms with E-state index in [4.69, 9.17) is 5.73 Å². The van der Waals surface area contributed by atoms with E-state index in [1.165, 1.54) is 6.07 Å². The molecule has 0 aromatic heterocycles. The fourth-order valence-electron chi connectivity index (χ4n) is 2.24. The molecule has 124 valence electrons. The van der Waals surface area contributed by atoms with E-state index in [0.29, 0.717) is 18.4 Å². The number of amides is 1. The van der Waals surface area contributed by atoms with Gasteiger partial charge in [0.05, 0.1) is 11.0 Å². The maximum absolute atomic E-state index is 12.8. The van der Waals surface area contributed by atoms with Gasteiger partial charge in [-0.3, -0.25) is 4.79 Å². The molecule has 3 nitrogen and oxygen atoms in total. The van der Waals surface area contributed by atoms with Gasteiger partial charge in [-0.2, -0.15) is 13.2 Å². The molecule has 0 bridgehead atoms. The Morgan fingerprint density at radius 2 is 1.91 bits per heavy atom. The number of rotatable bonds is 4. The molecule has 0 heterocycles. The summed E-state index contributed by atoms with van der Waals surface area (Å²) in [5.41, 5.74) is 4.12. The minimum Gasteiger partial charge on any atom is -0.354 e. The van der Waals surface area contributed by atoms with Crippen molar-refractivity contribution in [2.75, 3.05) is 6.54 Å². The Morgan fingerprint density at radius 3 is 2.36 bits per heavy atom. The Morgan fingerprint density at radius 1 is 1.32 bits per heavy atom. The van der Waals surface area contributed by atoms with Gasteiger partial charge in [0, 0.05) is 12.1 Å². The van der Waals surface area contributed by atoms with Crippen molar-refractivity contribution in [3.8, 4) is 0 Å². The number of carbonyl (C=O) groups excluding carboxylic acids is 1. The van der Waals surface area contributed by atoms with Gasteiger partial charge in [0.15, 0.2) is 0 Å². The molecule has 1 aliphatic rings. The second-order valence-electron chi connectivity index (χ2n) is 6.33. The number of nitrogens with two attached hydrogens (primary N) is 1. The number of hydrogen-bond acceptors (Lipinski definition) is 2. The maximum atomic E-state index is 12.8. The summed E-state index contributed by atoms with van der Waals surface area (Å²) in [6.07, 6.45) is -3.28. The fraction of sp³-hybridized carbons (Fsp3) is 0.533. The first-order valence-corrected chi connectivity index (χ1v) is 6.80. The number of carbonyl (C=O) groups is 1. The van der Waals surface area contributed by atoms with Crippen molar-refractivity contribution in [1.29, 1.82) is 0 Å². The monoisotopic (exact) mass is 336 g/mol. The smallest absolute Gasteiger partial charge is 0.354 e. The number of halogens is 4. The molecular weight excluding hydrogens is 317 g/mol. The third-order valence-corrected chi connectivity index (χ3v) is 3.63. The highest BCUT2D eigenvalue weighted by molar-refractivity contribution is 5.91. The minimum absolute atomic E-state index is 0. The highest BCUT2D eigenvalue weighted by atomic mass is 35.5. The molecule has 1 aromatic rings. The van der Waals surface area contributed by atoms with E-state index in [9.17, 15) is 18.0 Å². The van der Waals surface area contributed by atoms with Crippen molar-refractivity contribution in [2.45, 2.75) is 43.8 Å². The lowest BCUT2D eigenvalue weighted by molar-refractivity contribution is -0.137. The molecular formula is C15H20ClF3N2O. The van der Waals surface area contributed by atoms with Crippen LogP contribution in [-0.2, 0) is 16.4 Å². The van der Waals surface area contributed by atoms with Gasteiger partial charge in [0.2, 0.25) is 5.91 Å². The molecule has 2 rings (SSSR count). The Labute approximate surface area is 133 Å². The molecule has 0 saturated heterocycles. The van der Waals surface area contributed by atoms with Gasteiger partial charge < -0.3 is 11.1 Å². The predicted molar refractivity (Wildman–Crippen MR) is 80.9 cm³/mol. The van der Waals surface area contributed by atoms with Crippen LogP contribution in [0.15, 0.2) is 24.3 Å². The first kappa shape index (κ1) is 18.8. The molecule has 0 atom stereocenters. The van der Waals surface area contributed by atoms with Crippen LogP contribution in [0.4, 0.5) is 13.2 Å². The Hall–Kier alpha value is -1.27. The van der Waals surface area contributed by atoms with Gasteiger partial charge in [-0.1, -0.05) is 18.2 Å². The van der Waals surface area contributed by atoms with Crippen molar-refractivity contribution in [3.05, 3.63) is 35.4 Å². The van der Waals surface area contributed by atoms with Gasteiger partial charge in [-0.25, -0.2) is 0 Å². The number of nitrogens with one attached hydrogen (secondary N) is 1. The van der Waals surface area contributed by atoms with E-state index in [1.54, 1.807) is 19.9 Å². The second kappa shape index (κ2) is 6.08. The molecule has 0 unspecified atom stereocenters. The van der Waals surface area contributed by atoms with E-state index in [-0.39, 0.29) is 24.9 Å². The molecule has 1 saturated carbocycles. The fourth-order valence-corrected chi connectivity index (χ4v) is 2.24. The first-order chi connectivity index (χ1) is 9.55. The Bertz CT molecular complexity index is 548. The van der Waals surface area contributed by atoms with E-state index < -0.39 is 22.7 Å². The summed E-state index contributed by atoms with van der Waals surface area (Å²) < 4.78 is 38.3. The molecule has 1 aliphatic carbocycles. The van der Waals surface area contributed by atoms with Crippen molar-refractivity contribution < 1.29 is 18.0 Å². The van der Waals surface area contributed by atoms with E-state index in [0.717, 1.165) is 12.1 Å². The summed E-state index contributed by atoms with van der Waals surface area (Å²) in [6.45, 7) is 3.83. The zero-order chi connectivity index (χ0) is 15.9. The summed E-state index contributed by atoms with van der Waals surface area (Å²) in [5.74, 6) is -0.250. The first-order valence-electron chi connectivity index (χ1n) is 6.80. The molecule has 1 amide bonds. The van der Waals surface area contributed by atoms with Crippen molar-refractivity contribution in [1.82, 2.24) is 5.32 Å². The second-order valence-corrected chi connectivity index (χ2v) is 6.33. The van der Waals surface area contributed by atoms with Crippen LogP contribution in [0.3, 0.4) is 0 Å². The van der Waals surface area contributed by atoms with Crippen LogP contribution in [0.25, 0.3) is 0 Å². The summed E-state index contributed by atoms with van der Waals surface area (Å²) in [6, 6.07) is 5.01. The molecule has 0 aliphatic heterocycles. The average molecular weight is 337 g/mol. The molecule has 7 heteroatoms. The normalized spacial score (nSPS) is 16.6. The van der Waals surface area contributed by atoms with E-state index >= 15 is 0 Å². The van der Waals surface area contributed by atoms with Crippen LogP contribution in [-0.4, -0.2) is 18.0 Å². The van der Waals surface area contributed by atoms with Crippen LogP contribution in [0.5, 0.6) is 0 Å². The Balaban J connectivity index is 0.00000242. The summed E-state index contributed by atoms with van der Waals surface area (Å²) in [5, 5.41) is 2.74. The molecule has 0 spiro atoms. The highest BCUT2D eigenvalue weighted by Gasteiger charge is 2.51. The number of hydrogen-bond donors (Lipinski definition) is 2. The molecule has 22 heavy (non-hydrogen) atoms. The van der Waals surface area contributed by atoms with Crippen LogP contribution in [0.1, 0.15) is 37.8 Å². The summed E-state index contributed by atoms with van der Waals surface area (Å²) in [7, 11) is 0. The number of alkyl halides is 3. The van der Waals surface area contributed by atoms with Gasteiger partial charge in [-0.05, 0) is 38.3 Å². The predicted octanol–water partition coefficient (Wildman–Crippen LogP) is 3.01. The molecule has 3 N–H and O–H groups in total. The van der Waals surface area contributed by atoms with Gasteiger partial charge >= 0.3 is 6.18 Å². The van der Waals surface area contributed by atoms with Crippen LogP contribution in [0, 0.1) is 0 Å². The highest BCUT2D eigenvalue weighted by Crippen LogP contribution is 2.49. The SMILES string of the molecule is CC(C)(N)CNC(=O)C1(c2cccc(C(F)(F)F)c2)CC1.Cl. The largest absolute Gasteiger partial charge is 0.416 e. The van der Waals surface area contributed by atoms with Gasteiger partial charge in [0.25, 0.3) is 0 Å². The van der Waals surface area contributed by atoms with Gasteiger partial charge in [-0.15, -0.1) is 12.4 Å². The lowest BCUT2D eigenvalue weighted by atomic mass is 9.93. The molecule has 1 fully saturated rings. The van der Waals surface area contributed by atoms with Crippen LogP contribution < -0.4 is 11.1 Å².